The second-order valence-corrected chi connectivity index (χ2v) is 9.79. The van der Waals surface area contributed by atoms with Gasteiger partial charge in [0.2, 0.25) is 0 Å². The number of alkyl carbamates (subject to hydrolysis) is 1. The minimum Gasteiger partial charge on any atom is -0.444 e. The molecule has 0 aliphatic carbocycles. The van der Waals surface area contributed by atoms with Crippen LogP contribution >= 0.6 is 0 Å². The Morgan fingerprint density at radius 1 is 1.13 bits per heavy atom. The number of ketones is 1. The molecule has 0 bridgehead atoms. The summed E-state index contributed by atoms with van der Waals surface area (Å²) in [5.41, 5.74) is 1.62. The molecule has 1 aliphatic heterocycles. The van der Waals surface area contributed by atoms with Crippen LogP contribution in [0.1, 0.15) is 76.9 Å². The predicted octanol–water partition coefficient (Wildman–Crippen LogP) is 4.74. The van der Waals surface area contributed by atoms with Crippen molar-refractivity contribution in [2.24, 2.45) is 0 Å². The molecule has 2 rings (SSSR count). The highest BCUT2D eigenvalue weighted by atomic mass is 16.7. The summed E-state index contributed by atoms with van der Waals surface area (Å²) in [6, 6.07) is 5.56. The number of hydrogen-bond donors (Lipinski definition) is 1. The quantitative estimate of drug-likeness (QED) is 0.556. The van der Waals surface area contributed by atoms with E-state index in [1.807, 2.05) is 79.7 Å². The van der Waals surface area contributed by atoms with Crippen LogP contribution in [0.3, 0.4) is 0 Å². The van der Waals surface area contributed by atoms with Crippen LogP contribution in [0.25, 0.3) is 6.08 Å². The standard InChI is InChI=1S/C23H34BNO5/c1-15-10-11-17(16(2)26)12-18(15)13-19(14-25-20(27)28-21(3,4)5)24-29-22(6,7)23(8,9)30-24/h10-13H,14H2,1-9H3,(H,25,27). The van der Waals surface area contributed by atoms with E-state index in [0.29, 0.717) is 5.56 Å². The zero-order chi connectivity index (χ0) is 22.9. The number of hydrogen-bond acceptors (Lipinski definition) is 5. The van der Waals surface area contributed by atoms with Crippen LogP contribution in [0.4, 0.5) is 4.79 Å². The van der Waals surface area contributed by atoms with Crippen LogP contribution in [0, 0.1) is 6.92 Å². The van der Waals surface area contributed by atoms with Gasteiger partial charge >= 0.3 is 13.2 Å². The molecule has 1 aromatic carbocycles. The molecule has 164 valence electrons. The molecule has 0 radical (unpaired) electrons. The van der Waals surface area contributed by atoms with E-state index in [2.05, 4.69) is 5.32 Å². The lowest BCUT2D eigenvalue weighted by Crippen LogP contribution is -2.41. The summed E-state index contributed by atoms with van der Waals surface area (Å²) in [6.45, 7) is 17.1. The zero-order valence-corrected chi connectivity index (χ0v) is 19.6. The molecule has 0 aromatic heterocycles. The van der Waals surface area contributed by atoms with Gasteiger partial charge in [-0.1, -0.05) is 18.2 Å². The van der Waals surface area contributed by atoms with Crippen LogP contribution in [-0.2, 0) is 14.0 Å². The molecule has 30 heavy (non-hydrogen) atoms. The SMILES string of the molecule is CC(=O)c1ccc(C)c(C=C(CNC(=O)OC(C)(C)C)B2OC(C)(C)C(C)(C)O2)c1. The Hall–Kier alpha value is -2.12. The molecule has 0 saturated carbocycles. The van der Waals surface area contributed by atoms with Crippen LogP contribution in [-0.4, -0.2) is 42.3 Å². The van der Waals surface area contributed by atoms with Crippen molar-refractivity contribution in [3.63, 3.8) is 0 Å². The fraction of sp³-hybridized carbons (Fsp3) is 0.565. The van der Waals surface area contributed by atoms with Gasteiger partial charge in [0, 0.05) is 12.1 Å². The van der Waals surface area contributed by atoms with Crippen molar-refractivity contribution in [3.05, 3.63) is 40.4 Å². The fourth-order valence-electron chi connectivity index (χ4n) is 2.90. The average molecular weight is 415 g/mol. The second-order valence-electron chi connectivity index (χ2n) is 9.79. The van der Waals surface area contributed by atoms with Crippen LogP contribution in [0.2, 0.25) is 0 Å². The summed E-state index contributed by atoms with van der Waals surface area (Å²) in [4.78, 5) is 24.0. The molecular weight excluding hydrogens is 381 g/mol. The Morgan fingerprint density at radius 3 is 2.20 bits per heavy atom. The highest BCUT2D eigenvalue weighted by molar-refractivity contribution is 6.56. The molecule has 0 atom stereocenters. The Balaban J connectivity index is 2.37. The lowest BCUT2D eigenvalue weighted by molar-refractivity contribution is 0.00578. The number of benzene rings is 1. The first kappa shape index (κ1) is 24.2. The van der Waals surface area contributed by atoms with Crippen molar-refractivity contribution < 1.29 is 23.6 Å². The third-order valence-corrected chi connectivity index (χ3v) is 5.42. The average Bonchev–Trinajstić information content (AvgIpc) is 2.78. The molecule has 1 N–H and O–H groups in total. The first-order chi connectivity index (χ1) is 13.6. The third-order valence-electron chi connectivity index (χ3n) is 5.42. The van der Waals surface area contributed by atoms with Gasteiger partial charge in [0.25, 0.3) is 0 Å². The monoisotopic (exact) mass is 415 g/mol. The van der Waals surface area contributed by atoms with E-state index in [1.54, 1.807) is 0 Å². The molecule has 1 amide bonds. The van der Waals surface area contributed by atoms with Crippen molar-refractivity contribution in [2.75, 3.05) is 6.54 Å². The van der Waals surface area contributed by atoms with E-state index in [9.17, 15) is 9.59 Å². The van der Waals surface area contributed by atoms with Gasteiger partial charge in [-0.05, 0) is 85.0 Å². The molecule has 7 heteroatoms. The topological polar surface area (TPSA) is 73.9 Å². The molecule has 0 unspecified atom stereocenters. The van der Waals surface area contributed by atoms with Gasteiger partial charge in [-0.25, -0.2) is 4.79 Å². The van der Waals surface area contributed by atoms with E-state index in [0.717, 1.165) is 16.6 Å². The second kappa shape index (κ2) is 8.56. The van der Waals surface area contributed by atoms with Crippen molar-refractivity contribution >= 4 is 25.1 Å². The number of Topliss-reactive ketones (excluding diaryl/α,β-unsaturated/α-hetero) is 1. The number of ether oxygens (including phenoxy) is 1. The van der Waals surface area contributed by atoms with Gasteiger partial charge < -0.3 is 19.4 Å². The Kier molecular flexibility index (Phi) is 6.89. The van der Waals surface area contributed by atoms with Crippen LogP contribution in [0.5, 0.6) is 0 Å². The molecule has 0 spiro atoms. The highest BCUT2D eigenvalue weighted by Crippen LogP contribution is 2.38. The number of aryl methyl sites for hydroxylation is 1. The van der Waals surface area contributed by atoms with E-state index in [1.165, 1.54) is 6.92 Å². The molecule has 1 fully saturated rings. The van der Waals surface area contributed by atoms with Crippen molar-refractivity contribution in [2.45, 2.75) is 79.1 Å². The smallest absolute Gasteiger partial charge is 0.444 e. The van der Waals surface area contributed by atoms with Gasteiger partial charge in [-0.2, -0.15) is 0 Å². The molecule has 6 nitrogen and oxygen atoms in total. The summed E-state index contributed by atoms with van der Waals surface area (Å²) in [7, 11) is -0.634. The Labute approximate surface area is 180 Å². The summed E-state index contributed by atoms with van der Waals surface area (Å²) in [5, 5.41) is 2.79. The Morgan fingerprint density at radius 2 is 1.70 bits per heavy atom. The van der Waals surface area contributed by atoms with Gasteiger partial charge in [-0.15, -0.1) is 0 Å². The lowest BCUT2D eigenvalue weighted by atomic mass is 9.76. The zero-order valence-electron chi connectivity index (χ0n) is 19.6. The fourth-order valence-corrected chi connectivity index (χ4v) is 2.90. The summed E-state index contributed by atoms with van der Waals surface area (Å²) < 4.78 is 17.8. The number of rotatable bonds is 5. The predicted molar refractivity (Wildman–Crippen MR) is 119 cm³/mol. The number of nitrogens with one attached hydrogen (secondary N) is 1. The van der Waals surface area contributed by atoms with E-state index >= 15 is 0 Å². The number of carbonyl (C=O) groups is 2. The minimum atomic E-state index is -0.634. The third kappa shape index (κ3) is 5.95. The van der Waals surface area contributed by atoms with Crippen LogP contribution < -0.4 is 5.32 Å². The molecule has 1 aliphatic rings. The van der Waals surface area contributed by atoms with Crippen LogP contribution in [0.15, 0.2) is 23.7 Å². The van der Waals surface area contributed by atoms with E-state index in [-0.39, 0.29) is 12.3 Å². The first-order valence-corrected chi connectivity index (χ1v) is 10.3. The summed E-state index contributed by atoms with van der Waals surface area (Å²) in [5.74, 6) is -0.00582. The minimum absolute atomic E-state index is 0.00582. The van der Waals surface area contributed by atoms with Gasteiger partial charge in [0.1, 0.15) is 5.60 Å². The van der Waals surface area contributed by atoms with Crippen molar-refractivity contribution in [1.29, 1.82) is 0 Å². The van der Waals surface area contributed by atoms with Gasteiger partial charge in [0.05, 0.1) is 11.2 Å². The maximum Gasteiger partial charge on any atom is 0.492 e. The maximum atomic E-state index is 12.2. The number of carbonyl (C=O) groups excluding carboxylic acids is 2. The lowest BCUT2D eigenvalue weighted by Gasteiger charge is -2.32. The number of amides is 1. The molecule has 1 saturated heterocycles. The normalized spacial score (nSPS) is 18.3. The van der Waals surface area contributed by atoms with Gasteiger partial charge in [-0.3, -0.25) is 4.79 Å². The summed E-state index contributed by atoms with van der Waals surface area (Å²) >= 11 is 0. The Bertz CT molecular complexity index is 836. The maximum absolute atomic E-state index is 12.2. The first-order valence-electron chi connectivity index (χ1n) is 10.3. The van der Waals surface area contributed by atoms with E-state index < -0.39 is 30.0 Å². The van der Waals surface area contributed by atoms with E-state index in [4.69, 9.17) is 14.0 Å². The molecule has 1 heterocycles. The summed E-state index contributed by atoms with van der Waals surface area (Å²) in [6.07, 6.45) is 1.40. The highest BCUT2D eigenvalue weighted by Gasteiger charge is 2.52. The van der Waals surface area contributed by atoms with Crippen molar-refractivity contribution in [1.82, 2.24) is 5.32 Å². The largest absolute Gasteiger partial charge is 0.492 e. The molecule has 1 aromatic rings. The van der Waals surface area contributed by atoms with Gasteiger partial charge in [0.15, 0.2) is 5.78 Å². The van der Waals surface area contributed by atoms with Crippen molar-refractivity contribution in [3.8, 4) is 0 Å². The molecular formula is C23H34BNO5.